The van der Waals surface area contributed by atoms with Crippen LogP contribution in [0.5, 0.6) is 0 Å². The number of amides is 1. The van der Waals surface area contributed by atoms with E-state index in [9.17, 15) is 9.90 Å². The maximum atomic E-state index is 11.0. The smallest absolute Gasteiger partial charge is 0.236 e. The number of nitrogens with one attached hydrogen (secondary N) is 1. The zero-order chi connectivity index (χ0) is 10.4. The molecule has 1 unspecified atom stereocenters. The number of nitrogens with two attached hydrogens (primary N) is 1. The van der Waals surface area contributed by atoms with Crippen molar-refractivity contribution in [2.75, 3.05) is 6.54 Å². The third-order valence-corrected chi connectivity index (χ3v) is 1.67. The van der Waals surface area contributed by atoms with Crippen molar-refractivity contribution in [1.29, 1.82) is 0 Å². The molecule has 0 aromatic rings. The van der Waals surface area contributed by atoms with E-state index in [4.69, 9.17) is 5.73 Å². The summed E-state index contributed by atoms with van der Waals surface area (Å²) < 4.78 is 0. The van der Waals surface area contributed by atoms with Gasteiger partial charge in [-0.05, 0) is 19.3 Å². The number of hydrogen-bond acceptors (Lipinski definition) is 3. The van der Waals surface area contributed by atoms with Crippen LogP contribution in [0.25, 0.3) is 0 Å². The van der Waals surface area contributed by atoms with Crippen LogP contribution in [0, 0.1) is 5.92 Å². The van der Waals surface area contributed by atoms with Gasteiger partial charge in [0.1, 0.15) is 0 Å². The number of carbonyl (C=O) groups is 1. The summed E-state index contributed by atoms with van der Waals surface area (Å²) >= 11 is 0. The average molecular weight is 188 g/mol. The van der Waals surface area contributed by atoms with E-state index in [0.717, 1.165) is 0 Å². The molecule has 0 aliphatic rings. The lowest BCUT2D eigenvalue weighted by Crippen LogP contribution is -2.41. The van der Waals surface area contributed by atoms with Crippen LogP contribution in [0.4, 0.5) is 0 Å². The van der Waals surface area contributed by atoms with Crippen molar-refractivity contribution in [1.82, 2.24) is 5.32 Å². The van der Waals surface area contributed by atoms with E-state index in [0.29, 0.717) is 18.9 Å². The van der Waals surface area contributed by atoms with Crippen molar-refractivity contribution >= 4 is 5.91 Å². The van der Waals surface area contributed by atoms with Crippen molar-refractivity contribution in [3.8, 4) is 0 Å². The molecule has 4 heteroatoms. The molecular weight excluding hydrogens is 168 g/mol. The van der Waals surface area contributed by atoms with Gasteiger partial charge in [0.05, 0.1) is 12.1 Å². The van der Waals surface area contributed by atoms with Gasteiger partial charge in [-0.25, -0.2) is 0 Å². The lowest BCUT2D eigenvalue weighted by molar-refractivity contribution is -0.122. The quantitative estimate of drug-likeness (QED) is 0.562. The third kappa shape index (κ3) is 6.54. The Morgan fingerprint density at radius 3 is 2.38 bits per heavy atom. The highest BCUT2D eigenvalue weighted by molar-refractivity contribution is 5.80. The van der Waals surface area contributed by atoms with Gasteiger partial charge >= 0.3 is 0 Å². The Balaban J connectivity index is 3.58. The molecule has 0 fully saturated rings. The Kier molecular flexibility index (Phi) is 5.66. The molecule has 1 amide bonds. The number of aliphatic hydroxyl groups excluding tert-OH is 1. The summed E-state index contributed by atoms with van der Waals surface area (Å²) in [6.45, 7) is 5.95. The zero-order valence-corrected chi connectivity index (χ0v) is 8.58. The number of hydrogen-bond donors (Lipinski definition) is 3. The second kappa shape index (κ2) is 5.94. The molecule has 4 nitrogen and oxygen atoms in total. The third-order valence-electron chi connectivity index (χ3n) is 1.67. The molecule has 0 saturated carbocycles. The van der Waals surface area contributed by atoms with E-state index >= 15 is 0 Å². The van der Waals surface area contributed by atoms with Gasteiger partial charge in [-0.2, -0.15) is 0 Å². The summed E-state index contributed by atoms with van der Waals surface area (Å²) in [5.41, 5.74) is 5.33. The van der Waals surface area contributed by atoms with Crippen LogP contribution in [-0.2, 0) is 4.79 Å². The Labute approximate surface area is 79.5 Å². The first kappa shape index (κ1) is 12.4. The summed E-state index contributed by atoms with van der Waals surface area (Å²) in [5.74, 6) is 0.213. The number of rotatable bonds is 5. The number of aliphatic hydroxyl groups is 1. The minimum atomic E-state index is -0.508. The van der Waals surface area contributed by atoms with Crippen LogP contribution in [0.15, 0.2) is 0 Å². The van der Waals surface area contributed by atoms with Gasteiger partial charge < -0.3 is 16.2 Å². The van der Waals surface area contributed by atoms with Crippen LogP contribution in [0.2, 0.25) is 0 Å². The summed E-state index contributed by atoms with van der Waals surface area (Å²) in [7, 11) is 0. The standard InChI is InChI=1S/C9H20N2O2/c1-6(2)4-8(12)5-11-9(13)7(3)10/h6-8,12H,4-5,10H2,1-3H3,(H,11,13)/t7-,8?/m1/s1. The maximum Gasteiger partial charge on any atom is 0.236 e. The number of carbonyl (C=O) groups excluding carboxylic acids is 1. The van der Waals surface area contributed by atoms with Crippen molar-refractivity contribution in [2.24, 2.45) is 11.7 Å². The van der Waals surface area contributed by atoms with E-state index < -0.39 is 12.1 Å². The molecule has 0 heterocycles. The van der Waals surface area contributed by atoms with Crippen molar-refractivity contribution in [2.45, 2.75) is 39.3 Å². The summed E-state index contributed by atoms with van der Waals surface area (Å²) in [4.78, 5) is 11.0. The fraction of sp³-hybridized carbons (Fsp3) is 0.889. The van der Waals surface area contributed by atoms with Crippen LogP contribution in [0.1, 0.15) is 27.2 Å². The minimum Gasteiger partial charge on any atom is -0.391 e. The molecule has 78 valence electrons. The molecule has 0 aromatic carbocycles. The molecule has 0 aromatic heterocycles. The molecule has 2 atom stereocenters. The largest absolute Gasteiger partial charge is 0.391 e. The molecule has 0 spiro atoms. The monoisotopic (exact) mass is 188 g/mol. The predicted octanol–water partition coefficient (Wildman–Crippen LogP) is -0.143. The van der Waals surface area contributed by atoms with Gasteiger partial charge in [0.15, 0.2) is 0 Å². The molecule has 0 saturated heterocycles. The summed E-state index contributed by atoms with van der Waals surface area (Å²) in [6.07, 6.45) is 0.224. The van der Waals surface area contributed by atoms with E-state index in [1.807, 2.05) is 13.8 Å². The van der Waals surface area contributed by atoms with Crippen molar-refractivity contribution in [3.05, 3.63) is 0 Å². The van der Waals surface area contributed by atoms with E-state index in [2.05, 4.69) is 5.32 Å². The Bertz CT molecular complexity index is 158. The Morgan fingerprint density at radius 2 is 2.00 bits per heavy atom. The molecule has 13 heavy (non-hydrogen) atoms. The average Bonchev–Trinajstić information content (AvgIpc) is 1.98. The molecule has 0 aliphatic carbocycles. The highest BCUT2D eigenvalue weighted by Gasteiger charge is 2.10. The molecule has 0 radical (unpaired) electrons. The Hall–Kier alpha value is -0.610. The Morgan fingerprint density at radius 1 is 1.46 bits per heavy atom. The van der Waals surface area contributed by atoms with Crippen molar-refractivity contribution < 1.29 is 9.90 Å². The first-order valence-electron chi connectivity index (χ1n) is 4.64. The van der Waals surface area contributed by atoms with Crippen LogP contribution in [0.3, 0.4) is 0 Å². The lowest BCUT2D eigenvalue weighted by atomic mass is 10.1. The second-order valence-electron chi connectivity index (χ2n) is 3.82. The van der Waals surface area contributed by atoms with Crippen molar-refractivity contribution in [3.63, 3.8) is 0 Å². The first-order chi connectivity index (χ1) is 5.93. The van der Waals surface area contributed by atoms with Gasteiger partial charge in [-0.15, -0.1) is 0 Å². The van der Waals surface area contributed by atoms with Gasteiger partial charge in [0.25, 0.3) is 0 Å². The summed E-state index contributed by atoms with van der Waals surface area (Å²) in [6, 6.07) is -0.508. The predicted molar refractivity (Wildman–Crippen MR) is 52.1 cm³/mol. The molecule has 4 N–H and O–H groups in total. The highest BCUT2D eigenvalue weighted by atomic mass is 16.3. The molecule has 0 rings (SSSR count). The van der Waals surface area contributed by atoms with Crippen LogP contribution < -0.4 is 11.1 Å². The topological polar surface area (TPSA) is 75.3 Å². The fourth-order valence-corrected chi connectivity index (χ4v) is 1.01. The van der Waals surface area contributed by atoms with Crippen LogP contribution >= 0.6 is 0 Å². The van der Waals surface area contributed by atoms with Crippen LogP contribution in [-0.4, -0.2) is 29.7 Å². The minimum absolute atomic E-state index is 0.220. The molecular formula is C9H20N2O2. The zero-order valence-electron chi connectivity index (χ0n) is 8.58. The van der Waals surface area contributed by atoms with Gasteiger partial charge in [0.2, 0.25) is 5.91 Å². The summed E-state index contributed by atoms with van der Waals surface area (Å²) in [5, 5.41) is 12.0. The maximum absolute atomic E-state index is 11.0. The van der Waals surface area contributed by atoms with Gasteiger partial charge in [0, 0.05) is 6.54 Å². The molecule has 0 aliphatic heterocycles. The fourth-order valence-electron chi connectivity index (χ4n) is 1.01. The van der Waals surface area contributed by atoms with E-state index in [-0.39, 0.29) is 5.91 Å². The second-order valence-corrected chi connectivity index (χ2v) is 3.82. The highest BCUT2D eigenvalue weighted by Crippen LogP contribution is 2.02. The SMILES string of the molecule is CC(C)CC(O)CNC(=O)[C@@H](C)N. The normalized spacial score (nSPS) is 15.5. The van der Waals surface area contributed by atoms with Gasteiger partial charge in [-0.1, -0.05) is 13.8 Å². The van der Waals surface area contributed by atoms with E-state index in [1.165, 1.54) is 0 Å². The lowest BCUT2D eigenvalue weighted by Gasteiger charge is -2.14. The van der Waals surface area contributed by atoms with Gasteiger partial charge in [-0.3, -0.25) is 4.79 Å². The van der Waals surface area contributed by atoms with E-state index in [1.54, 1.807) is 6.92 Å². The first-order valence-corrected chi connectivity index (χ1v) is 4.64. The molecule has 0 bridgehead atoms.